The van der Waals surface area contributed by atoms with Crippen LogP contribution in [0.15, 0.2) is 11.8 Å². The lowest BCUT2D eigenvalue weighted by Gasteiger charge is -2.00. The van der Waals surface area contributed by atoms with Crippen molar-refractivity contribution in [1.29, 1.82) is 0 Å². The summed E-state index contributed by atoms with van der Waals surface area (Å²) in [5.41, 5.74) is 0.351. The van der Waals surface area contributed by atoms with Crippen LogP contribution in [0.3, 0.4) is 0 Å². The molecule has 116 valence electrons. The third-order valence-electron chi connectivity index (χ3n) is 3.25. The highest BCUT2D eigenvalue weighted by molar-refractivity contribution is 5.66. The molecule has 0 heterocycles. The van der Waals surface area contributed by atoms with Crippen LogP contribution >= 0.6 is 0 Å². The van der Waals surface area contributed by atoms with Crippen molar-refractivity contribution in [3.05, 3.63) is 21.9 Å². The van der Waals surface area contributed by atoms with Gasteiger partial charge in [-0.2, -0.15) is 0 Å². The molecule has 1 N–H and O–H groups in total. The lowest BCUT2D eigenvalue weighted by molar-refractivity contribution is -0.428. The predicted molar refractivity (Wildman–Crippen MR) is 79.2 cm³/mol. The van der Waals surface area contributed by atoms with Crippen LogP contribution in [0.5, 0.6) is 0 Å². The van der Waals surface area contributed by atoms with Gasteiger partial charge in [0.05, 0.1) is 4.92 Å². The fourth-order valence-corrected chi connectivity index (χ4v) is 2.04. The second-order valence-electron chi connectivity index (χ2n) is 5.11. The van der Waals surface area contributed by atoms with Gasteiger partial charge >= 0.3 is 5.97 Å². The van der Waals surface area contributed by atoms with E-state index in [-0.39, 0.29) is 11.3 Å². The summed E-state index contributed by atoms with van der Waals surface area (Å²) in [4.78, 5) is 20.9. The SMILES string of the molecule is CCCCC/C(=C\CCCCCCCC(=O)O)[N+](=O)[O-]. The zero-order valence-electron chi connectivity index (χ0n) is 12.5. The Kier molecular flexibility index (Phi) is 11.8. The van der Waals surface area contributed by atoms with Crippen LogP contribution in [-0.4, -0.2) is 16.0 Å². The molecule has 0 aromatic rings. The molecule has 0 atom stereocenters. The van der Waals surface area contributed by atoms with Crippen molar-refractivity contribution in [2.45, 2.75) is 77.6 Å². The zero-order chi connectivity index (χ0) is 15.2. The Morgan fingerprint density at radius 2 is 1.65 bits per heavy atom. The van der Waals surface area contributed by atoms with Gasteiger partial charge in [0, 0.05) is 12.8 Å². The molecule has 0 aliphatic heterocycles. The summed E-state index contributed by atoms with van der Waals surface area (Å²) < 4.78 is 0. The van der Waals surface area contributed by atoms with E-state index in [4.69, 9.17) is 5.11 Å². The second kappa shape index (κ2) is 12.6. The summed E-state index contributed by atoms with van der Waals surface area (Å²) in [7, 11) is 0. The number of nitrogens with zero attached hydrogens (tertiary/aromatic N) is 1. The molecular formula is C15H27NO4. The average molecular weight is 285 g/mol. The van der Waals surface area contributed by atoms with Gasteiger partial charge in [0.25, 0.3) is 0 Å². The van der Waals surface area contributed by atoms with Gasteiger partial charge in [-0.1, -0.05) is 39.0 Å². The van der Waals surface area contributed by atoms with Gasteiger partial charge < -0.3 is 5.11 Å². The molecule has 20 heavy (non-hydrogen) atoms. The number of hydrogen-bond acceptors (Lipinski definition) is 3. The number of aliphatic carboxylic acids is 1. The van der Waals surface area contributed by atoms with Crippen LogP contribution in [0, 0.1) is 10.1 Å². The third kappa shape index (κ3) is 11.7. The minimum absolute atomic E-state index is 0.239. The van der Waals surface area contributed by atoms with Gasteiger partial charge in [0.1, 0.15) is 0 Å². The first kappa shape index (κ1) is 18.6. The van der Waals surface area contributed by atoms with Gasteiger partial charge in [-0.05, 0) is 31.8 Å². The third-order valence-corrected chi connectivity index (χ3v) is 3.25. The lowest BCUT2D eigenvalue weighted by atomic mass is 10.1. The fourth-order valence-electron chi connectivity index (χ4n) is 2.04. The number of hydrogen-bond donors (Lipinski definition) is 1. The van der Waals surface area contributed by atoms with Crippen molar-refractivity contribution in [3.8, 4) is 0 Å². The normalized spacial score (nSPS) is 11.6. The Morgan fingerprint density at radius 3 is 2.25 bits per heavy atom. The molecule has 0 aliphatic rings. The van der Waals surface area contributed by atoms with Gasteiger partial charge in [-0.3, -0.25) is 14.9 Å². The molecule has 0 radical (unpaired) electrons. The van der Waals surface area contributed by atoms with Crippen molar-refractivity contribution >= 4 is 5.97 Å². The topological polar surface area (TPSA) is 80.4 Å². The number of carboxylic acids is 1. The largest absolute Gasteiger partial charge is 0.481 e. The molecular weight excluding hydrogens is 258 g/mol. The molecule has 0 saturated heterocycles. The second-order valence-corrected chi connectivity index (χ2v) is 5.11. The summed E-state index contributed by atoms with van der Waals surface area (Å²) in [5, 5.41) is 19.3. The van der Waals surface area contributed by atoms with E-state index < -0.39 is 5.97 Å². The fraction of sp³-hybridized carbons (Fsp3) is 0.800. The summed E-state index contributed by atoms with van der Waals surface area (Å²) in [6, 6.07) is 0. The standard InChI is InChI=1S/C15H27NO4/c1-2-3-8-11-14(16(19)20)12-9-6-4-5-7-10-13-15(17)18/h12H,2-11,13H2,1H3,(H,17,18)/b14-12+. The van der Waals surface area contributed by atoms with E-state index in [0.29, 0.717) is 12.1 Å². The van der Waals surface area contributed by atoms with E-state index in [0.717, 1.165) is 57.8 Å². The van der Waals surface area contributed by atoms with Crippen molar-refractivity contribution in [3.63, 3.8) is 0 Å². The Bertz CT molecular complexity index is 313. The zero-order valence-corrected chi connectivity index (χ0v) is 12.5. The molecule has 0 aliphatic carbocycles. The number of allylic oxidation sites excluding steroid dienone is 2. The molecule has 0 aromatic carbocycles. The quantitative estimate of drug-likeness (QED) is 0.306. The molecule has 0 fully saturated rings. The molecule has 5 heteroatoms. The lowest BCUT2D eigenvalue weighted by Crippen LogP contribution is -1.99. The van der Waals surface area contributed by atoms with Gasteiger partial charge in [-0.15, -0.1) is 0 Å². The van der Waals surface area contributed by atoms with E-state index in [1.165, 1.54) is 0 Å². The van der Waals surface area contributed by atoms with Crippen LogP contribution in [-0.2, 0) is 4.79 Å². The summed E-state index contributed by atoms with van der Waals surface area (Å²) >= 11 is 0. The van der Waals surface area contributed by atoms with Gasteiger partial charge in [-0.25, -0.2) is 0 Å². The number of carbonyl (C=O) groups is 1. The van der Waals surface area contributed by atoms with Crippen molar-refractivity contribution in [2.75, 3.05) is 0 Å². The monoisotopic (exact) mass is 285 g/mol. The van der Waals surface area contributed by atoms with E-state index >= 15 is 0 Å². The first-order chi connectivity index (χ1) is 9.57. The Labute approximate surface area is 121 Å². The van der Waals surface area contributed by atoms with E-state index in [9.17, 15) is 14.9 Å². The van der Waals surface area contributed by atoms with Crippen LogP contribution in [0.4, 0.5) is 0 Å². The molecule has 0 spiro atoms. The smallest absolute Gasteiger partial charge is 0.303 e. The number of rotatable bonds is 13. The number of unbranched alkanes of at least 4 members (excludes halogenated alkanes) is 7. The first-order valence-corrected chi connectivity index (χ1v) is 7.63. The van der Waals surface area contributed by atoms with E-state index in [1.54, 1.807) is 6.08 Å². The van der Waals surface area contributed by atoms with Crippen molar-refractivity contribution in [2.24, 2.45) is 0 Å². The highest BCUT2D eigenvalue weighted by Crippen LogP contribution is 2.13. The Morgan fingerprint density at radius 1 is 1.05 bits per heavy atom. The summed E-state index contributed by atoms with van der Waals surface area (Å²) in [6.45, 7) is 2.08. The van der Waals surface area contributed by atoms with Crippen LogP contribution < -0.4 is 0 Å². The van der Waals surface area contributed by atoms with Gasteiger partial charge in [0.2, 0.25) is 5.70 Å². The summed E-state index contributed by atoms with van der Waals surface area (Å²) in [6.07, 6.45) is 10.9. The van der Waals surface area contributed by atoms with Crippen molar-refractivity contribution < 1.29 is 14.8 Å². The molecule has 5 nitrogen and oxygen atoms in total. The molecule has 0 bridgehead atoms. The number of carboxylic acid groups (broad SMARTS) is 1. The highest BCUT2D eigenvalue weighted by atomic mass is 16.6. The van der Waals surface area contributed by atoms with E-state index in [1.807, 2.05) is 0 Å². The maximum atomic E-state index is 10.8. The minimum atomic E-state index is -0.740. The Balaban J connectivity index is 3.67. The average Bonchev–Trinajstić information content (AvgIpc) is 2.39. The molecule has 0 amide bonds. The van der Waals surface area contributed by atoms with Crippen molar-refractivity contribution in [1.82, 2.24) is 0 Å². The van der Waals surface area contributed by atoms with Crippen LogP contribution in [0.2, 0.25) is 0 Å². The Hall–Kier alpha value is -1.39. The predicted octanol–water partition coefficient (Wildman–Crippen LogP) is 4.54. The molecule has 0 unspecified atom stereocenters. The van der Waals surface area contributed by atoms with Crippen LogP contribution in [0.1, 0.15) is 77.6 Å². The van der Waals surface area contributed by atoms with E-state index in [2.05, 4.69) is 6.92 Å². The maximum Gasteiger partial charge on any atom is 0.303 e. The van der Waals surface area contributed by atoms with Gasteiger partial charge in [0.15, 0.2) is 0 Å². The maximum absolute atomic E-state index is 10.8. The molecule has 0 rings (SSSR count). The summed E-state index contributed by atoms with van der Waals surface area (Å²) in [5.74, 6) is -0.740. The first-order valence-electron chi connectivity index (χ1n) is 7.63. The number of nitro groups is 1. The van der Waals surface area contributed by atoms with Crippen LogP contribution in [0.25, 0.3) is 0 Å². The minimum Gasteiger partial charge on any atom is -0.481 e. The molecule has 0 saturated carbocycles. The highest BCUT2D eigenvalue weighted by Gasteiger charge is 2.08. The molecule has 0 aromatic heterocycles.